The molecule has 0 bridgehead atoms. The SMILES string of the molecule is N#CC1(Cc2cc(C(F)(F)F)ccc2F)CCN(C(=O)c2cccnc2-c2ccncc2)CC1. The summed E-state index contributed by atoms with van der Waals surface area (Å²) in [4.78, 5) is 23.2. The molecule has 0 saturated carbocycles. The number of hydrogen-bond acceptors (Lipinski definition) is 4. The zero-order chi connectivity index (χ0) is 24.3. The lowest BCUT2D eigenvalue weighted by Gasteiger charge is -2.37. The largest absolute Gasteiger partial charge is 0.416 e. The topological polar surface area (TPSA) is 69.9 Å². The van der Waals surface area contributed by atoms with E-state index in [0.717, 1.165) is 17.7 Å². The summed E-state index contributed by atoms with van der Waals surface area (Å²) in [5.74, 6) is -1.03. The molecular weight excluding hydrogens is 448 g/mol. The minimum Gasteiger partial charge on any atom is -0.338 e. The van der Waals surface area contributed by atoms with Crippen molar-refractivity contribution in [2.75, 3.05) is 13.1 Å². The highest BCUT2D eigenvalue weighted by Gasteiger charge is 2.38. The van der Waals surface area contributed by atoms with Crippen molar-refractivity contribution in [3.8, 4) is 17.3 Å². The minimum atomic E-state index is -4.60. The number of carbonyl (C=O) groups is 1. The molecule has 0 N–H and O–H groups in total. The van der Waals surface area contributed by atoms with Crippen molar-refractivity contribution in [2.45, 2.75) is 25.4 Å². The van der Waals surface area contributed by atoms with Crippen molar-refractivity contribution in [1.29, 1.82) is 5.26 Å². The standard InChI is InChI=1S/C25H20F4N4O/c26-21-4-3-19(25(27,28)29)14-18(21)15-24(16-30)7-12-33(13-8-24)23(34)20-2-1-9-32-22(20)17-5-10-31-11-6-17/h1-6,9-11,14H,7-8,12-13,15H2. The quantitative estimate of drug-likeness (QED) is 0.488. The molecule has 9 heteroatoms. The van der Waals surface area contributed by atoms with Crippen LogP contribution in [0.5, 0.6) is 0 Å². The van der Waals surface area contributed by atoms with E-state index in [2.05, 4.69) is 16.0 Å². The van der Waals surface area contributed by atoms with E-state index in [1.54, 1.807) is 47.8 Å². The molecule has 34 heavy (non-hydrogen) atoms. The number of piperidine rings is 1. The van der Waals surface area contributed by atoms with Crippen molar-refractivity contribution in [3.05, 3.63) is 83.6 Å². The minimum absolute atomic E-state index is 0.150. The van der Waals surface area contributed by atoms with Crippen LogP contribution in [0.15, 0.2) is 61.1 Å². The van der Waals surface area contributed by atoms with Crippen LogP contribution in [-0.2, 0) is 12.6 Å². The Balaban J connectivity index is 1.52. The molecule has 2 aromatic heterocycles. The maximum atomic E-state index is 14.3. The molecule has 0 unspecified atom stereocenters. The third-order valence-electron chi connectivity index (χ3n) is 6.14. The molecule has 1 aliphatic rings. The number of aromatic nitrogens is 2. The van der Waals surface area contributed by atoms with Gasteiger partial charge in [-0.25, -0.2) is 4.39 Å². The third-order valence-corrected chi connectivity index (χ3v) is 6.14. The zero-order valence-corrected chi connectivity index (χ0v) is 18.0. The second-order valence-electron chi connectivity index (χ2n) is 8.30. The van der Waals surface area contributed by atoms with Gasteiger partial charge in [-0.15, -0.1) is 0 Å². The number of nitriles is 1. The monoisotopic (exact) mass is 468 g/mol. The van der Waals surface area contributed by atoms with Crippen LogP contribution < -0.4 is 0 Å². The Morgan fingerprint density at radius 2 is 1.79 bits per heavy atom. The summed E-state index contributed by atoms with van der Waals surface area (Å²) in [6, 6.07) is 11.3. The Bertz CT molecular complexity index is 1230. The lowest BCUT2D eigenvalue weighted by atomic mass is 9.74. The first-order valence-corrected chi connectivity index (χ1v) is 10.6. The molecule has 3 heterocycles. The average Bonchev–Trinajstić information content (AvgIpc) is 2.85. The zero-order valence-electron chi connectivity index (χ0n) is 18.0. The van der Waals surface area contributed by atoms with Crippen LogP contribution in [-0.4, -0.2) is 33.9 Å². The molecule has 0 spiro atoms. The molecule has 1 aromatic carbocycles. The van der Waals surface area contributed by atoms with Crippen LogP contribution in [0.25, 0.3) is 11.3 Å². The number of hydrogen-bond donors (Lipinski definition) is 0. The molecule has 1 aliphatic heterocycles. The van der Waals surface area contributed by atoms with Crippen molar-refractivity contribution in [3.63, 3.8) is 0 Å². The molecule has 0 radical (unpaired) electrons. The summed E-state index contributed by atoms with van der Waals surface area (Å²) in [7, 11) is 0. The smallest absolute Gasteiger partial charge is 0.338 e. The Kier molecular flexibility index (Phi) is 6.33. The summed E-state index contributed by atoms with van der Waals surface area (Å²) in [5.41, 5.74) is -0.513. The Hall–Kier alpha value is -3.80. The third kappa shape index (κ3) is 4.76. The lowest BCUT2D eigenvalue weighted by molar-refractivity contribution is -0.137. The highest BCUT2D eigenvalue weighted by atomic mass is 19.4. The van der Waals surface area contributed by atoms with Crippen LogP contribution in [0, 0.1) is 22.6 Å². The maximum Gasteiger partial charge on any atom is 0.416 e. The predicted molar refractivity (Wildman–Crippen MR) is 116 cm³/mol. The van der Waals surface area contributed by atoms with E-state index in [0.29, 0.717) is 17.3 Å². The average molecular weight is 468 g/mol. The van der Waals surface area contributed by atoms with E-state index in [4.69, 9.17) is 0 Å². The number of rotatable bonds is 4. The molecule has 174 valence electrons. The number of halogens is 4. The van der Waals surface area contributed by atoms with Gasteiger partial charge >= 0.3 is 6.18 Å². The number of carbonyl (C=O) groups excluding carboxylic acids is 1. The van der Waals surface area contributed by atoms with Crippen molar-refractivity contribution >= 4 is 5.91 Å². The number of amides is 1. The van der Waals surface area contributed by atoms with E-state index in [-0.39, 0.29) is 43.8 Å². The van der Waals surface area contributed by atoms with Gasteiger partial charge in [-0.3, -0.25) is 14.8 Å². The Morgan fingerprint density at radius 1 is 1.09 bits per heavy atom. The van der Waals surface area contributed by atoms with Gasteiger partial charge in [0.05, 0.1) is 28.3 Å². The molecule has 0 atom stereocenters. The molecule has 1 fully saturated rings. The normalized spacial score (nSPS) is 15.6. The van der Waals surface area contributed by atoms with Gasteiger partial charge in [0.1, 0.15) is 5.82 Å². The second kappa shape index (κ2) is 9.21. The van der Waals surface area contributed by atoms with Crippen LogP contribution in [0.3, 0.4) is 0 Å². The molecule has 0 aliphatic carbocycles. The first-order valence-electron chi connectivity index (χ1n) is 10.6. The van der Waals surface area contributed by atoms with E-state index in [9.17, 15) is 27.6 Å². The summed E-state index contributed by atoms with van der Waals surface area (Å²) >= 11 is 0. The second-order valence-corrected chi connectivity index (χ2v) is 8.30. The number of benzene rings is 1. The fourth-order valence-corrected chi connectivity index (χ4v) is 4.21. The predicted octanol–water partition coefficient (Wildman–Crippen LogP) is 5.29. The summed E-state index contributed by atoms with van der Waals surface area (Å²) < 4.78 is 53.5. The van der Waals surface area contributed by atoms with E-state index < -0.39 is 23.0 Å². The summed E-state index contributed by atoms with van der Waals surface area (Å²) in [6.07, 6.45) is 0.476. The summed E-state index contributed by atoms with van der Waals surface area (Å²) in [5, 5.41) is 9.84. The highest BCUT2D eigenvalue weighted by molar-refractivity contribution is 5.99. The van der Waals surface area contributed by atoms with Crippen LogP contribution in [0.2, 0.25) is 0 Å². The molecule has 3 aromatic rings. The van der Waals surface area contributed by atoms with Gasteiger partial charge < -0.3 is 4.90 Å². The van der Waals surface area contributed by atoms with E-state index in [1.807, 2.05) is 0 Å². The van der Waals surface area contributed by atoms with Crippen LogP contribution in [0.4, 0.5) is 17.6 Å². The van der Waals surface area contributed by atoms with Crippen molar-refractivity contribution in [1.82, 2.24) is 14.9 Å². The van der Waals surface area contributed by atoms with Gasteiger partial charge in [-0.1, -0.05) is 0 Å². The number of nitrogens with zero attached hydrogens (tertiary/aromatic N) is 4. The van der Waals surface area contributed by atoms with Gasteiger partial charge in [-0.05, 0) is 67.3 Å². The van der Waals surface area contributed by atoms with E-state index in [1.165, 1.54) is 0 Å². The van der Waals surface area contributed by atoms with Gasteiger partial charge in [0.15, 0.2) is 0 Å². The van der Waals surface area contributed by atoms with Crippen LogP contribution in [0.1, 0.15) is 34.3 Å². The lowest BCUT2D eigenvalue weighted by Crippen LogP contribution is -2.43. The number of likely N-dealkylation sites (tertiary alicyclic amines) is 1. The fraction of sp³-hybridized carbons (Fsp3) is 0.280. The first kappa shape index (κ1) is 23.4. The molecule has 1 saturated heterocycles. The molecule has 4 rings (SSSR count). The van der Waals surface area contributed by atoms with Crippen molar-refractivity contribution < 1.29 is 22.4 Å². The van der Waals surface area contributed by atoms with Crippen molar-refractivity contribution in [2.24, 2.45) is 5.41 Å². The van der Waals surface area contributed by atoms with Crippen LogP contribution >= 0.6 is 0 Å². The van der Waals surface area contributed by atoms with Gasteiger partial charge in [0.2, 0.25) is 0 Å². The number of pyridine rings is 2. The molecular formula is C25H20F4N4O. The maximum absolute atomic E-state index is 14.3. The first-order chi connectivity index (χ1) is 16.2. The molecule has 1 amide bonds. The summed E-state index contributed by atoms with van der Waals surface area (Å²) in [6.45, 7) is 0.440. The van der Waals surface area contributed by atoms with E-state index >= 15 is 0 Å². The number of alkyl halides is 3. The molecule has 5 nitrogen and oxygen atoms in total. The van der Waals surface area contributed by atoms with Gasteiger partial charge in [-0.2, -0.15) is 18.4 Å². The fourth-order valence-electron chi connectivity index (χ4n) is 4.21. The Morgan fingerprint density at radius 3 is 2.44 bits per heavy atom. The highest BCUT2D eigenvalue weighted by Crippen LogP contribution is 2.38. The van der Waals surface area contributed by atoms with Gasteiger partial charge in [0, 0.05) is 37.2 Å². The Labute approximate surface area is 193 Å². The van der Waals surface area contributed by atoms with Gasteiger partial charge in [0.25, 0.3) is 5.91 Å².